The molecule has 3 unspecified atom stereocenters. The van der Waals surface area contributed by atoms with Crippen molar-refractivity contribution in [1.82, 2.24) is 10.2 Å². The molecule has 0 aromatic carbocycles. The van der Waals surface area contributed by atoms with E-state index in [1.807, 2.05) is 5.32 Å². The second kappa shape index (κ2) is 8.87. The summed E-state index contributed by atoms with van der Waals surface area (Å²) in [5.74, 6) is -1.91. The summed E-state index contributed by atoms with van der Waals surface area (Å²) in [7, 11) is 0. The summed E-state index contributed by atoms with van der Waals surface area (Å²) in [4.78, 5) is 39.0. The van der Waals surface area contributed by atoms with Crippen LogP contribution in [-0.2, 0) is 14.3 Å². The Morgan fingerprint density at radius 1 is 1.42 bits per heavy atom. The maximum Gasteiger partial charge on any atom is 0.275 e. The zero-order valence-electron chi connectivity index (χ0n) is 16.7. The van der Waals surface area contributed by atoms with Crippen LogP contribution in [0.25, 0.3) is 0 Å². The van der Waals surface area contributed by atoms with Crippen LogP contribution in [0, 0.1) is 0 Å². The molecule has 0 saturated carbocycles. The molecule has 2 amide bonds. The fourth-order valence-corrected chi connectivity index (χ4v) is 3.66. The molecule has 0 aromatic heterocycles. The van der Waals surface area contributed by atoms with Crippen LogP contribution in [-0.4, -0.2) is 116 Å². The van der Waals surface area contributed by atoms with Crippen LogP contribution < -0.4 is 16.8 Å². The quantitative estimate of drug-likeness (QED) is 0.206. The van der Waals surface area contributed by atoms with Gasteiger partial charge < -0.3 is 35.8 Å². The van der Waals surface area contributed by atoms with Gasteiger partial charge in [0.1, 0.15) is 36.7 Å². The third-order valence-electron chi connectivity index (χ3n) is 5.11. The summed E-state index contributed by atoms with van der Waals surface area (Å²) < 4.78 is 5.52. The van der Waals surface area contributed by atoms with Gasteiger partial charge in [-0.05, 0) is 13.2 Å². The Bertz CT molecular complexity index is 850. The highest BCUT2D eigenvalue weighted by molar-refractivity contribution is 8.13. The molecule has 1 saturated heterocycles. The Kier molecular flexibility index (Phi) is 6.78. The molecular formula is C16H25N7O7S. The number of rotatable bonds is 5. The van der Waals surface area contributed by atoms with Gasteiger partial charge in [0.2, 0.25) is 11.6 Å². The maximum atomic E-state index is 12.9. The average molecular weight is 459 g/mol. The summed E-state index contributed by atoms with van der Waals surface area (Å²) in [6.07, 6.45) is -4.44. The predicted molar refractivity (Wildman–Crippen MR) is 110 cm³/mol. The van der Waals surface area contributed by atoms with E-state index < -0.39 is 60.8 Å². The lowest BCUT2D eigenvalue weighted by atomic mass is 10.0. The SMILES string of the molecule is CSC1=NC(N)(C(=O)NC(=O)C(N)C(C)O)C2=NCN([C@@H]3O[C@H](CO)[C@@H](O)[C@H]3O)C2=N1. The first-order valence-corrected chi connectivity index (χ1v) is 10.5. The number of nitrogens with one attached hydrogen (secondary N) is 1. The highest BCUT2D eigenvalue weighted by Crippen LogP contribution is 2.30. The van der Waals surface area contributed by atoms with Crippen molar-refractivity contribution >= 4 is 40.3 Å². The lowest BCUT2D eigenvalue weighted by Gasteiger charge is -2.32. The first-order chi connectivity index (χ1) is 14.5. The molecule has 3 rings (SSSR count). The van der Waals surface area contributed by atoms with Crippen LogP contribution >= 0.6 is 11.8 Å². The van der Waals surface area contributed by atoms with Gasteiger partial charge in [-0.3, -0.25) is 25.6 Å². The molecule has 3 aliphatic heterocycles. The fourth-order valence-electron chi connectivity index (χ4n) is 3.25. The number of hydrogen-bond acceptors (Lipinski definition) is 14. The number of aliphatic hydroxyl groups is 4. The molecule has 0 radical (unpaired) electrons. The van der Waals surface area contributed by atoms with Crippen molar-refractivity contribution in [3.63, 3.8) is 0 Å². The van der Waals surface area contributed by atoms with Gasteiger partial charge in [0, 0.05) is 0 Å². The number of imide groups is 1. The molecule has 3 heterocycles. The minimum atomic E-state index is -2.14. The Balaban J connectivity index is 1.88. The second-order valence-electron chi connectivity index (χ2n) is 7.23. The van der Waals surface area contributed by atoms with E-state index >= 15 is 0 Å². The zero-order valence-corrected chi connectivity index (χ0v) is 17.6. The number of hydrogen-bond donors (Lipinski definition) is 7. The number of aliphatic hydroxyl groups excluding tert-OH is 4. The Labute approximate surface area is 181 Å². The first-order valence-electron chi connectivity index (χ1n) is 9.29. The van der Waals surface area contributed by atoms with Crippen molar-refractivity contribution in [3.05, 3.63) is 0 Å². The minimum Gasteiger partial charge on any atom is -0.394 e. The largest absolute Gasteiger partial charge is 0.394 e. The molecule has 0 bridgehead atoms. The van der Waals surface area contributed by atoms with E-state index in [0.29, 0.717) is 0 Å². The van der Waals surface area contributed by atoms with Crippen molar-refractivity contribution in [2.45, 2.75) is 49.3 Å². The topological polar surface area (TPSA) is 229 Å². The molecule has 0 spiro atoms. The molecule has 7 atom stereocenters. The lowest BCUT2D eigenvalue weighted by Crippen LogP contribution is -2.65. The first kappa shape index (κ1) is 23.7. The molecule has 14 nitrogen and oxygen atoms in total. The summed E-state index contributed by atoms with van der Waals surface area (Å²) >= 11 is 1.07. The van der Waals surface area contributed by atoms with E-state index in [-0.39, 0.29) is 23.4 Å². The number of carbonyl (C=O) groups is 2. The molecule has 1 fully saturated rings. The van der Waals surface area contributed by atoms with Crippen LogP contribution in [0.15, 0.2) is 15.0 Å². The maximum absolute atomic E-state index is 12.9. The van der Waals surface area contributed by atoms with Gasteiger partial charge in [-0.2, -0.15) is 0 Å². The van der Waals surface area contributed by atoms with Gasteiger partial charge in [0.15, 0.2) is 17.2 Å². The van der Waals surface area contributed by atoms with Crippen molar-refractivity contribution in [2.24, 2.45) is 26.4 Å². The third-order valence-corrected chi connectivity index (χ3v) is 5.66. The van der Waals surface area contributed by atoms with E-state index in [0.717, 1.165) is 11.8 Å². The Morgan fingerprint density at radius 3 is 2.65 bits per heavy atom. The number of amides is 2. The molecule has 9 N–H and O–H groups in total. The van der Waals surface area contributed by atoms with E-state index in [1.54, 1.807) is 6.26 Å². The number of thioether (sulfide) groups is 1. The molecule has 3 aliphatic rings. The molecule has 172 valence electrons. The summed E-state index contributed by atoms with van der Waals surface area (Å²) in [5, 5.41) is 41.3. The van der Waals surface area contributed by atoms with Gasteiger partial charge in [-0.15, -0.1) is 0 Å². The van der Waals surface area contributed by atoms with Gasteiger partial charge in [0.25, 0.3) is 5.91 Å². The van der Waals surface area contributed by atoms with Gasteiger partial charge in [-0.1, -0.05) is 11.8 Å². The average Bonchev–Trinajstić information content (AvgIpc) is 3.28. The van der Waals surface area contributed by atoms with Crippen LogP contribution in [0.4, 0.5) is 0 Å². The molecular weight excluding hydrogens is 434 g/mol. The number of amidine groups is 2. The highest BCUT2D eigenvalue weighted by Gasteiger charge is 2.53. The number of nitrogens with zero attached hydrogens (tertiary/aromatic N) is 4. The summed E-state index contributed by atoms with van der Waals surface area (Å²) in [5.41, 5.74) is 9.58. The predicted octanol–water partition coefficient (Wildman–Crippen LogP) is -4.72. The zero-order chi connectivity index (χ0) is 23.1. The summed E-state index contributed by atoms with van der Waals surface area (Å²) in [6.45, 7) is 0.642. The van der Waals surface area contributed by atoms with Crippen molar-refractivity contribution in [2.75, 3.05) is 19.5 Å². The summed E-state index contributed by atoms with van der Waals surface area (Å²) in [6, 6.07) is -1.37. The third kappa shape index (κ3) is 4.10. The second-order valence-corrected chi connectivity index (χ2v) is 8.01. The molecule has 0 aromatic rings. The van der Waals surface area contributed by atoms with Crippen LogP contribution in [0.2, 0.25) is 0 Å². The van der Waals surface area contributed by atoms with Gasteiger partial charge >= 0.3 is 0 Å². The van der Waals surface area contributed by atoms with Crippen molar-refractivity contribution in [1.29, 1.82) is 0 Å². The molecule has 15 heteroatoms. The lowest BCUT2D eigenvalue weighted by molar-refractivity contribution is -0.133. The Morgan fingerprint density at radius 2 is 2.10 bits per heavy atom. The molecule has 0 aliphatic carbocycles. The number of carbonyl (C=O) groups excluding carboxylic acids is 2. The van der Waals surface area contributed by atoms with Gasteiger partial charge in [-0.25, -0.2) is 9.98 Å². The van der Waals surface area contributed by atoms with Crippen LogP contribution in [0.3, 0.4) is 0 Å². The molecule has 31 heavy (non-hydrogen) atoms. The van der Waals surface area contributed by atoms with E-state index in [2.05, 4.69) is 15.0 Å². The van der Waals surface area contributed by atoms with Crippen LogP contribution in [0.1, 0.15) is 6.92 Å². The number of nitrogens with two attached hydrogens (primary N) is 2. The number of fused-ring (bicyclic) bond motifs is 1. The fraction of sp³-hybridized carbons (Fsp3) is 0.688. The van der Waals surface area contributed by atoms with Crippen molar-refractivity contribution < 1.29 is 34.8 Å². The highest BCUT2D eigenvalue weighted by atomic mass is 32.2. The number of ether oxygens (including phenoxy) is 1. The van der Waals surface area contributed by atoms with Gasteiger partial charge in [0.05, 0.1) is 12.7 Å². The van der Waals surface area contributed by atoms with E-state index in [1.165, 1.54) is 11.8 Å². The number of aliphatic imine (C=N–C) groups is 3. The van der Waals surface area contributed by atoms with Crippen molar-refractivity contribution in [3.8, 4) is 0 Å². The van der Waals surface area contributed by atoms with E-state index in [4.69, 9.17) is 16.2 Å². The smallest absolute Gasteiger partial charge is 0.275 e. The normalized spacial score (nSPS) is 34.5. The standard InChI is InChI=1S/C16H25N7O7S/c1-5(25)7(17)12(28)21-14(29)16(18)10-11(20-15(22-16)31-2)23(4-19-10)13-9(27)8(26)6(3-24)30-13/h5-9,13,24-27H,3-4,17-18H2,1-2H3,(H,21,28,29)/t5?,6-,7?,8-,9-,13-,16?/m1/s1. The Hall–Kier alpha value is -1.98. The van der Waals surface area contributed by atoms with E-state index in [9.17, 15) is 30.0 Å². The van der Waals surface area contributed by atoms with Crippen LogP contribution in [0.5, 0.6) is 0 Å². The minimum absolute atomic E-state index is 0.0686. The monoisotopic (exact) mass is 459 g/mol.